The zero-order valence-corrected chi connectivity index (χ0v) is 13.0. The van der Waals surface area contributed by atoms with Crippen molar-refractivity contribution in [2.75, 3.05) is 6.54 Å². The minimum atomic E-state index is -0.0479. The van der Waals surface area contributed by atoms with Crippen molar-refractivity contribution < 1.29 is 13.7 Å². The van der Waals surface area contributed by atoms with Crippen LogP contribution < -0.4 is 0 Å². The molecule has 0 aromatic carbocycles. The summed E-state index contributed by atoms with van der Waals surface area (Å²) < 4.78 is 17.2. The van der Waals surface area contributed by atoms with Crippen molar-refractivity contribution in [1.82, 2.24) is 15.0 Å². The second kappa shape index (κ2) is 5.52. The fourth-order valence-corrected chi connectivity index (χ4v) is 3.61. The maximum atomic E-state index is 6.21. The molecular weight excluding hydrogens is 282 g/mol. The fraction of sp³-hybridized carbons (Fsp3) is 0.625. The Morgan fingerprint density at radius 2 is 2.14 bits per heavy atom. The molecule has 6 heteroatoms. The van der Waals surface area contributed by atoms with Crippen molar-refractivity contribution in [2.24, 2.45) is 0 Å². The van der Waals surface area contributed by atoms with Crippen molar-refractivity contribution in [1.29, 1.82) is 0 Å². The molecule has 2 saturated heterocycles. The Labute approximate surface area is 129 Å². The monoisotopic (exact) mass is 303 g/mol. The van der Waals surface area contributed by atoms with Gasteiger partial charge in [-0.2, -0.15) is 4.98 Å². The molecule has 118 valence electrons. The molecule has 2 aliphatic rings. The number of aryl methyl sites for hydroxylation is 2. The summed E-state index contributed by atoms with van der Waals surface area (Å²) in [5, 5.41) is 3.86. The number of furan rings is 1. The molecule has 0 unspecified atom stereocenters. The number of likely N-dealkylation sites (tertiary alicyclic amines) is 1. The number of ether oxygens (including phenoxy) is 1. The van der Waals surface area contributed by atoms with E-state index in [0.29, 0.717) is 17.8 Å². The molecule has 2 aromatic rings. The SMILES string of the molecule is Cc1noc([C@@H]2CC[C@@H]3[C@@H](CCN3Cc3ccc(C)o3)O2)n1. The highest BCUT2D eigenvalue weighted by Crippen LogP contribution is 2.38. The first-order chi connectivity index (χ1) is 10.7. The van der Waals surface area contributed by atoms with E-state index in [2.05, 4.69) is 21.1 Å². The molecule has 2 fully saturated rings. The Hall–Kier alpha value is -1.66. The summed E-state index contributed by atoms with van der Waals surface area (Å²) in [5.74, 6) is 3.29. The molecule has 0 bridgehead atoms. The van der Waals surface area contributed by atoms with Gasteiger partial charge in [-0.05, 0) is 45.2 Å². The van der Waals surface area contributed by atoms with Crippen molar-refractivity contribution >= 4 is 0 Å². The molecule has 4 heterocycles. The molecule has 0 saturated carbocycles. The fourth-order valence-electron chi connectivity index (χ4n) is 3.61. The van der Waals surface area contributed by atoms with Crippen molar-refractivity contribution in [2.45, 2.75) is 57.9 Å². The number of fused-ring (bicyclic) bond motifs is 1. The lowest BCUT2D eigenvalue weighted by atomic mass is 9.99. The van der Waals surface area contributed by atoms with E-state index in [4.69, 9.17) is 13.7 Å². The van der Waals surface area contributed by atoms with Crippen LogP contribution in [-0.2, 0) is 11.3 Å². The van der Waals surface area contributed by atoms with Gasteiger partial charge in [0.2, 0.25) is 0 Å². The molecule has 3 atom stereocenters. The first-order valence-electron chi connectivity index (χ1n) is 7.94. The van der Waals surface area contributed by atoms with E-state index in [-0.39, 0.29) is 12.2 Å². The summed E-state index contributed by atoms with van der Waals surface area (Å²) >= 11 is 0. The van der Waals surface area contributed by atoms with E-state index in [9.17, 15) is 0 Å². The minimum absolute atomic E-state index is 0.0479. The molecule has 6 nitrogen and oxygen atoms in total. The molecule has 2 aliphatic heterocycles. The minimum Gasteiger partial charge on any atom is -0.465 e. The van der Waals surface area contributed by atoms with E-state index in [0.717, 1.165) is 43.9 Å². The molecule has 0 amide bonds. The second-order valence-corrected chi connectivity index (χ2v) is 6.26. The summed E-state index contributed by atoms with van der Waals surface area (Å²) in [7, 11) is 0. The van der Waals surface area contributed by atoms with Gasteiger partial charge in [0.25, 0.3) is 5.89 Å². The van der Waals surface area contributed by atoms with Gasteiger partial charge in [-0.3, -0.25) is 4.90 Å². The first-order valence-corrected chi connectivity index (χ1v) is 7.94. The van der Waals surface area contributed by atoms with Gasteiger partial charge in [0.15, 0.2) is 5.82 Å². The highest BCUT2D eigenvalue weighted by atomic mass is 16.5. The number of hydrogen-bond acceptors (Lipinski definition) is 6. The average Bonchev–Trinajstić information content (AvgIpc) is 3.21. The van der Waals surface area contributed by atoms with Gasteiger partial charge in [-0.25, -0.2) is 0 Å². The van der Waals surface area contributed by atoms with Gasteiger partial charge in [-0.1, -0.05) is 5.16 Å². The van der Waals surface area contributed by atoms with Crippen LogP contribution in [0.25, 0.3) is 0 Å². The molecule has 2 aromatic heterocycles. The highest BCUT2D eigenvalue weighted by Gasteiger charge is 2.41. The van der Waals surface area contributed by atoms with Crippen LogP contribution in [0.4, 0.5) is 0 Å². The Morgan fingerprint density at radius 1 is 1.23 bits per heavy atom. The molecule has 4 rings (SSSR count). The quantitative estimate of drug-likeness (QED) is 0.868. The lowest BCUT2D eigenvalue weighted by Crippen LogP contribution is -2.40. The van der Waals surface area contributed by atoms with Crippen molar-refractivity contribution in [3.05, 3.63) is 35.4 Å². The lowest BCUT2D eigenvalue weighted by molar-refractivity contribution is -0.0836. The van der Waals surface area contributed by atoms with E-state index < -0.39 is 0 Å². The molecule has 0 N–H and O–H groups in total. The van der Waals surface area contributed by atoms with Gasteiger partial charge in [0, 0.05) is 12.6 Å². The number of aromatic nitrogens is 2. The molecule has 22 heavy (non-hydrogen) atoms. The summed E-state index contributed by atoms with van der Waals surface area (Å²) in [5.41, 5.74) is 0. The predicted molar refractivity (Wildman–Crippen MR) is 78.1 cm³/mol. The van der Waals surface area contributed by atoms with Crippen LogP contribution in [0.5, 0.6) is 0 Å². The Morgan fingerprint density at radius 3 is 2.86 bits per heavy atom. The molecule has 0 radical (unpaired) electrons. The maximum Gasteiger partial charge on any atom is 0.255 e. The van der Waals surface area contributed by atoms with E-state index in [1.54, 1.807) is 0 Å². The second-order valence-electron chi connectivity index (χ2n) is 6.26. The molecule has 0 aliphatic carbocycles. The summed E-state index contributed by atoms with van der Waals surface area (Å²) in [6.07, 6.45) is 3.27. The maximum absolute atomic E-state index is 6.21. The van der Waals surface area contributed by atoms with Crippen LogP contribution in [0.1, 0.15) is 48.6 Å². The highest BCUT2D eigenvalue weighted by molar-refractivity contribution is 5.07. The van der Waals surface area contributed by atoms with Gasteiger partial charge in [-0.15, -0.1) is 0 Å². The molecule has 0 spiro atoms. The van der Waals surface area contributed by atoms with Gasteiger partial charge < -0.3 is 13.7 Å². The number of nitrogens with zero attached hydrogens (tertiary/aromatic N) is 3. The van der Waals surface area contributed by atoms with Crippen LogP contribution in [0.3, 0.4) is 0 Å². The summed E-state index contributed by atoms with van der Waals surface area (Å²) in [6, 6.07) is 4.55. The van der Waals surface area contributed by atoms with Gasteiger partial charge in [0.1, 0.15) is 17.6 Å². The average molecular weight is 303 g/mol. The first kappa shape index (κ1) is 14.0. The normalized spacial score (nSPS) is 28.9. The standard InChI is InChI=1S/C16H21N3O3/c1-10-3-4-12(20-10)9-19-8-7-14-13(19)5-6-15(21-14)16-17-11(2)18-22-16/h3-4,13-15H,5-9H2,1-2H3/t13-,14-,15+/m1/s1. The van der Waals surface area contributed by atoms with Crippen LogP contribution in [0.2, 0.25) is 0 Å². The van der Waals surface area contributed by atoms with Crippen molar-refractivity contribution in [3.63, 3.8) is 0 Å². The summed E-state index contributed by atoms with van der Waals surface area (Å²) in [4.78, 5) is 6.78. The third-order valence-electron chi connectivity index (χ3n) is 4.64. The third kappa shape index (κ3) is 2.57. The van der Waals surface area contributed by atoms with Gasteiger partial charge >= 0.3 is 0 Å². The largest absolute Gasteiger partial charge is 0.465 e. The predicted octanol–water partition coefficient (Wildman–Crippen LogP) is 2.77. The Balaban J connectivity index is 1.41. The van der Waals surface area contributed by atoms with E-state index in [1.165, 1.54) is 0 Å². The zero-order valence-electron chi connectivity index (χ0n) is 13.0. The number of hydrogen-bond donors (Lipinski definition) is 0. The van der Waals surface area contributed by atoms with Crippen LogP contribution >= 0.6 is 0 Å². The summed E-state index contributed by atoms with van der Waals surface area (Å²) in [6.45, 7) is 5.73. The smallest absolute Gasteiger partial charge is 0.255 e. The lowest BCUT2D eigenvalue weighted by Gasteiger charge is -2.34. The van der Waals surface area contributed by atoms with Crippen molar-refractivity contribution in [3.8, 4) is 0 Å². The van der Waals surface area contributed by atoms with Gasteiger partial charge in [0.05, 0.1) is 12.6 Å². The van der Waals surface area contributed by atoms with Crippen LogP contribution in [-0.4, -0.2) is 33.7 Å². The molecular formula is C16H21N3O3. The van der Waals surface area contributed by atoms with E-state index in [1.807, 2.05) is 19.9 Å². The topological polar surface area (TPSA) is 64.5 Å². The number of rotatable bonds is 3. The Kier molecular flexibility index (Phi) is 3.50. The van der Waals surface area contributed by atoms with E-state index >= 15 is 0 Å². The zero-order chi connectivity index (χ0) is 15.1. The third-order valence-corrected chi connectivity index (χ3v) is 4.64. The van der Waals surface area contributed by atoms with Crippen LogP contribution in [0.15, 0.2) is 21.1 Å². The Bertz CT molecular complexity index is 651. The van der Waals surface area contributed by atoms with Crippen LogP contribution in [0, 0.1) is 13.8 Å².